The van der Waals surface area contributed by atoms with E-state index < -0.39 is 17.6 Å². The average Bonchev–Trinajstić information content (AvgIpc) is 3.27. The van der Waals surface area contributed by atoms with E-state index in [1.54, 1.807) is 24.3 Å². The van der Waals surface area contributed by atoms with E-state index in [0.717, 1.165) is 17.8 Å². The number of carbonyl (C=O) groups excluding carboxylic acids is 1. The first kappa shape index (κ1) is 22.9. The molecule has 33 heavy (non-hydrogen) atoms. The Hall–Kier alpha value is -3.24. The molecule has 0 atom stereocenters. The highest BCUT2D eigenvalue weighted by atomic mass is 35.5. The number of benzene rings is 2. The summed E-state index contributed by atoms with van der Waals surface area (Å²) in [6.45, 7) is 0.0677. The molecule has 0 radical (unpaired) electrons. The van der Waals surface area contributed by atoms with Crippen LogP contribution < -0.4 is 10.9 Å². The molecule has 4 rings (SSSR count). The fraction of sp³-hybridized carbons (Fsp3) is 0.136. The molecule has 2 aromatic heterocycles. The van der Waals surface area contributed by atoms with Crippen LogP contribution in [0.25, 0.3) is 10.9 Å². The first-order valence-electron chi connectivity index (χ1n) is 9.54. The molecule has 0 aliphatic rings. The molecule has 0 aliphatic heterocycles. The summed E-state index contributed by atoms with van der Waals surface area (Å²) in [6.07, 6.45) is -3.15. The van der Waals surface area contributed by atoms with Crippen LogP contribution in [0.15, 0.2) is 75.2 Å². The second kappa shape index (κ2) is 9.32. The van der Waals surface area contributed by atoms with Gasteiger partial charge in [-0.05, 0) is 42.5 Å². The molecule has 1 amide bonds. The second-order valence-electron chi connectivity index (χ2n) is 6.91. The average molecular weight is 494 g/mol. The van der Waals surface area contributed by atoms with E-state index in [4.69, 9.17) is 16.0 Å². The number of amides is 1. The van der Waals surface area contributed by atoms with Crippen LogP contribution >= 0.6 is 23.4 Å². The lowest BCUT2D eigenvalue weighted by atomic mass is 10.1. The van der Waals surface area contributed by atoms with Gasteiger partial charge in [0.1, 0.15) is 5.76 Å². The lowest BCUT2D eigenvalue weighted by Crippen LogP contribution is -2.25. The fourth-order valence-corrected chi connectivity index (χ4v) is 4.10. The zero-order valence-electron chi connectivity index (χ0n) is 16.7. The lowest BCUT2D eigenvalue weighted by molar-refractivity contribution is -0.137. The molecule has 6 nitrogen and oxygen atoms in total. The number of carbonyl (C=O) groups is 1. The van der Waals surface area contributed by atoms with Gasteiger partial charge in [-0.25, -0.2) is 4.98 Å². The van der Waals surface area contributed by atoms with Crippen LogP contribution in [0.4, 0.5) is 18.9 Å². The van der Waals surface area contributed by atoms with Gasteiger partial charge in [-0.1, -0.05) is 35.5 Å². The molecule has 170 valence electrons. The maximum absolute atomic E-state index is 13.2. The van der Waals surface area contributed by atoms with E-state index in [1.807, 2.05) is 0 Å². The molecule has 0 spiro atoms. The topological polar surface area (TPSA) is 77.1 Å². The van der Waals surface area contributed by atoms with Gasteiger partial charge in [0, 0.05) is 5.02 Å². The zero-order chi connectivity index (χ0) is 23.6. The van der Waals surface area contributed by atoms with Gasteiger partial charge in [-0.15, -0.1) is 0 Å². The van der Waals surface area contributed by atoms with Crippen molar-refractivity contribution < 1.29 is 22.4 Å². The molecule has 1 N–H and O–H groups in total. The van der Waals surface area contributed by atoms with Gasteiger partial charge >= 0.3 is 6.18 Å². The van der Waals surface area contributed by atoms with Gasteiger partial charge in [-0.3, -0.25) is 14.2 Å². The minimum absolute atomic E-state index is 0.0677. The molecule has 4 aromatic rings. The van der Waals surface area contributed by atoms with Crippen LogP contribution in [0.5, 0.6) is 0 Å². The van der Waals surface area contributed by atoms with Crippen molar-refractivity contribution in [2.45, 2.75) is 17.9 Å². The summed E-state index contributed by atoms with van der Waals surface area (Å²) in [5, 5.41) is 3.20. The molecule has 0 aliphatic carbocycles. The molecule has 0 saturated carbocycles. The molecule has 0 saturated heterocycles. The predicted molar refractivity (Wildman–Crippen MR) is 120 cm³/mol. The monoisotopic (exact) mass is 493 g/mol. The van der Waals surface area contributed by atoms with E-state index in [-0.39, 0.29) is 28.7 Å². The van der Waals surface area contributed by atoms with Crippen molar-refractivity contribution in [3.8, 4) is 0 Å². The Morgan fingerprint density at radius 1 is 1.15 bits per heavy atom. The maximum atomic E-state index is 13.2. The summed E-state index contributed by atoms with van der Waals surface area (Å²) in [5.74, 6) is -0.456. The molecule has 0 fully saturated rings. The molecular weight excluding hydrogens is 479 g/mol. The third-order valence-corrected chi connectivity index (χ3v) is 5.83. The number of nitrogens with one attached hydrogen (secondary N) is 1. The van der Waals surface area contributed by atoms with E-state index in [9.17, 15) is 22.8 Å². The van der Waals surface area contributed by atoms with Gasteiger partial charge in [0.15, 0.2) is 5.16 Å². The molecular formula is C22H15ClF3N3O3S. The van der Waals surface area contributed by atoms with E-state index in [0.29, 0.717) is 21.7 Å². The first-order chi connectivity index (χ1) is 15.7. The quantitative estimate of drug-likeness (QED) is 0.286. The maximum Gasteiger partial charge on any atom is 0.418 e. The highest BCUT2D eigenvalue weighted by Gasteiger charge is 2.33. The number of hydrogen-bond donors (Lipinski definition) is 1. The molecule has 2 heterocycles. The summed E-state index contributed by atoms with van der Waals surface area (Å²) < 4.78 is 46.2. The van der Waals surface area contributed by atoms with Crippen molar-refractivity contribution in [3.05, 3.63) is 87.6 Å². The number of rotatable bonds is 6. The minimum atomic E-state index is -4.61. The molecule has 2 aromatic carbocycles. The highest BCUT2D eigenvalue weighted by Crippen LogP contribution is 2.34. The van der Waals surface area contributed by atoms with E-state index in [2.05, 4.69) is 10.3 Å². The first-order valence-corrected chi connectivity index (χ1v) is 10.9. The predicted octanol–water partition coefficient (Wildman–Crippen LogP) is 5.44. The van der Waals surface area contributed by atoms with Gasteiger partial charge in [0.2, 0.25) is 5.91 Å². The smallest absolute Gasteiger partial charge is 0.418 e. The number of fused-ring (bicyclic) bond motifs is 1. The Labute approximate surface area is 194 Å². The normalized spacial score (nSPS) is 11.6. The highest BCUT2D eigenvalue weighted by molar-refractivity contribution is 7.99. The van der Waals surface area contributed by atoms with E-state index in [1.165, 1.54) is 35.1 Å². The molecule has 0 bridgehead atoms. The Kier molecular flexibility index (Phi) is 6.48. The Morgan fingerprint density at radius 2 is 1.94 bits per heavy atom. The third kappa shape index (κ3) is 5.23. The number of thioether (sulfide) groups is 1. The van der Waals surface area contributed by atoms with Gasteiger partial charge < -0.3 is 9.73 Å². The summed E-state index contributed by atoms with van der Waals surface area (Å²) in [4.78, 5) is 30.0. The molecule has 11 heteroatoms. The van der Waals surface area contributed by atoms with Crippen LogP contribution in [-0.2, 0) is 17.5 Å². The summed E-state index contributed by atoms with van der Waals surface area (Å²) in [5.41, 5.74) is -1.31. The van der Waals surface area contributed by atoms with Gasteiger partial charge in [0.05, 0.1) is 40.7 Å². The Bertz CT molecular complexity index is 1370. The van der Waals surface area contributed by atoms with Crippen LogP contribution in [-0.4, -0.2) is 21.2 Å². The lowest BCUT2D eigenvalue weighted by Gasteiger charge is -2.14. The SMILES string of the molecule is O=C(CSc1nc2cc(Cl)ccc2c(=O)n1Cc1ccco1)Nc1ccccc1C(F)(F)F. The van der Waals surface area contributed by atoms with Crippen molar-refractivity contribution >= 4 is 45.9 Å². The summed E-state index contributed by atoms with van der Waals surface area (Å²) in [6, 6.07) is 12.7. The van der Waals surface area contributed by atoms with Crippen molar-refractivity contribution in [1.29, 1.82) is 0 Å². The summed E-state index contributed by atoms with van der Waals surface area (Å²) in [7, 11) is 0. The number of hydrogen-bond acceptors (Lipinski definition) is 5. The number of alkyl halides is 3. The standard InChI is InChI=1S/C22H15ClF3N3O3S/c23-13-7-8-15-18(10-13)28-21(29(20(15)31)11-14-4-3-9-32-14)33-12-19(30)27-17-6-2-1-5-16(17)22(24,25)26/h1-10H,11-12H2,(H,27,30). The second-order valence-corrected chi connectivity index (χ2v) is 8.29. The van der Waals surface area contributed by atoms with Crippen molar-refractivity contribution in [1.82, 2.24) is 9.55 Å². The number of furan rings is 1. The van der Waals surface area contributed by atoms with Crippen molar-refractivity contribution in [2.75, 3.05) is 11.1 Å². The van der Waals surface area contributed by atoms with Gasteiger partial charge in [-0.2, -0.15) is 13.2 Å². The Morgan fingerprint density at radius 3 is 2.67 bits per heavy atom. The van der Waals surface area contributed by atoms with Crippen LogP contribution in [0.3, 0.4) is 0 Å². The zero-order valence-corrected chi connectivity index (χ0v) is 18.3. The van der Waals surface area contributed by atoms with Crippen LogP contribution in [0, 0.1) is 0 Å². The number of halogens is 4. The number of para-hydroxylation sites is 1. The number of anilines is 1. The van der Waals surface area contributed by atoms with Crippen molar-refractivity contribution in [3.63, 3.8) is 0 Å². The Balaban J connectivity index is 1.61. The number of aromatic nitrogens is 2. The van der Waals surface area contributed by atoms with Crippen molar-refractivity contribution in [2.24, 2.45) is 0 Å². The minimum Gasteiger partial charge on any atom is -0.467 e. The van der Waals surface area contributed by atoms with Crippen LogP contribution in [0.1, 0.15) is 11.3 Å². The molecule has 0 unspecified atom stereocenters. The number of nitrogens with zero attached hydrogens (tertiary/aromatic N) is 2. The fourth-order valence-electron chi connectivity index (χ4n) is 3.14. The van der Waals surface area contributed by atoms with Gasteiger partial charge in [0.25, 0.3) is 5.56 Å². The largest absolute Gasteiger partial charge is 0.467 e. The third-order valence-electron chi connectivity index (χ3n) is 4.62. The van der Waals surface area contributed by atoms with Crippen LogP contribution in [0.2, 0.25) is 5.02 Å². The summed E-state index contributed by atoms with van der Waals surface area (Å²) >= 11 is 6.94. The van der Waals surface area contributed by atoms with E-state index >= 15 is 0 Å².